The van der Waals surface area contributed by atoms with Gasteiger partial charge in [-0.05, 0) is 69.9 Å². The zero-order valence-corrected chi connectivity index (χ0v) is 17.0. The van der Waals surface area contributed by atoms with Gasteiger partial charge in [-0.3, -0.25) is 4.98 Å². The molecular weight excluding hydrogens is 357 g/mol. The highest BCUT2D eigenvalue weighted by Crippen LogP contribution is 2.32. The van der Waals surface area contributed by atoms with E-state index in [0.717, 1.165) is 31.9 Å². The minimum absolute atomic E-state index is 0.151. The van der Waals surface area contributed by atoms with Gasteiger partial charge >= 0.3 is 5.97 Å². The zero-order valence-electron chi connectivity index (χ0n) is 17.0. The summed E-state index contributed by atoms with van der Waals surface area (Å²) < 4.78 is 19.0. The highest BCUT2D eigenvalue weighted by Gasteiger charge is 2.24. The third kappa shape index (κ3) is 5.61. The van der Waals surface area contributed by atoms with E-state index in [1.807, 2.05) is 25.2 Å². The van der Waals surface area contributed by atoms with Crippen molar-refractivity contribution in [2.24, 2.45) is 11.8 Å². The molecule has 0 aliphatic heterocycles. The Hall–Kier alpha value is -2.27. The number of aliphatic hydroxyl groups is 1. The van der Waals surface area contributed by atoms with Crippen LogP contribution in [0.3, 0.4) is 0 Å². The lowest BCUT2D eigenvalue weighted by Gasteiger charge is -2.29. The van der Waals surface area contributed by atoms with Crippen LogP contribution >= 0.6 is 0 Å². The molecule has 0 aromatic carbocycles. The van der Waals surface area contributed by atoms with Crippen LogP contribution < -0.4 is 0 Å². The molecule has 1 N–H and O–H groups in total. The lowest BCUT2D eigenvalue weighted by molar-refractivity contribution is -0.136. The maximum Gasteiger partial charge on any atom is 0.339 e. The first-order chi connectivity index (χ1) is 13.4. The Morgan fingerprint density at radius 1 is 1.43 bits per heavy atom. The molecule has 0 radical (unpaired) electrons. The number of ether oxygens (including phenoxy) is 1. The molecule has 0 spiro atoms. The number of carbonyl (C=O) groups is 1. The Labute approximate surface area is 166 Å². The average Bonchev–Trinajstić information content (AvgIpc) is 2.67. The number of halogens is 1. The van der Waals surface area contributed by atoms with Gasteiger partial charge in [-0.15, -0.1) is 6.58 Å². The summed E-state index contributed by atoms with van der Waals surface area (Å²) in [6, 6.07) is 1.32. The van der Waals surface area contributed by atoms with Gasteiger partial charge in [0, 0.05) is 11.3 Å². The molecule has 1 aliphatic rings. The molecule has 0 unspecified atom stereocenters. The van der Waals surface area contributed by atoms with Crippen molar-refractivity contribution >= 4 is 11.5 Å². The van der Waals surface area contributed by atoms with E-state index >= 15 is 0 Å². The second-order valence-electron chi connectivity index (χ2n) is 7.31. The van der Waals surface area contributed by atoms with E-state index < -0.39 is 11.8 Å². The van der Waals surface area contributed by atoms with Gasteiger partial charge in [0.05, 0.1) is 24.5 Å². The fourth-order valence-electron chi connectivity index (χ4n) is 3.70. The molecule has 1 aliphatic carbocycles. The van der Waals surface area contributed by atoms with E-state index in [1.165, 1.54) is 6.07 Å². The summed E-state index contributed by atoms with van der Waals surface area (Å²) in [4.78, 5) is 16.6. The largest absolute Gasteiger partial charge is 0.462 e. The predicted octanol–water partition coefficient (Wildman–Crippen LogP) is 4.78. The van der Waals surface area contributed by atoms with Gasteiger partial charge < -0.3 is 9.84 Å². The minimum atomic E-state index is -0.496. The smallest absolute Gasteiger partial charge is 0.339 e. The molecule has 2 rings (SSSR count). The lowest BCUT2D eigenvalue weighted by Crippen LogP contribution is -2.22. The van der Waals surface area contributed by atoms with E-state index in [0.29, 0.717) is 28.3 Å². The van der Waals surface area contributed by atoms with Gasteiger partial charge in [0.15, 0.2) is 0 Å². The number of esters is 1. The summed E-state index contributed by atoms with van der Waals surface area (Å²) in [6.07, 6.45) is 10.3. The molecule has 5 heteroatoms. The second-order valence-corrected chi connectivity index (χ2v) is 7.31. The van der Waals surface area contributed by atoms with Crippen LogP contribution in [0.1, 0.15) is 50.8 Å². The molecule has 1 aromatic rings. The number of pyridine rings is 1. The van der Waals surface area contributed by atoms with Crippen LogP contribution in [0.25, 0.3) is 5.57 Å². The molecule has 1 fully saturated rings. The van der Waals surface area contributed by atoms with Crippen LogP contribution in [0.2, 0.25) is 0 Å². The Bertz CT molecular complexity index is 761. The molecule has 0 saturated heterocycles. The van der Waals surface area contributed by atoms with Gasteiger partial charge in [-0.25, -0.2) is 9.18 Å². The summed E-state index contributed by atoms with van der Waals surface area (Å²) >= 11 is 0. The summed E-state index contributed by atoms with van der Waals surface area (Å²) in [6.45, 7) is 9.48. The van der Waals surface area contributed by atoms with Crippen LogP contribution in [0.15, 0.2) is 42.6 Å². The quantitative estimate of drug-likeness (QED) is 0.317. The van der Waals surface area contributed by atoms with Gasteiger partial charge in [-0.1, -0.05) is 18.2 Å². The van der Waals surface area contributed by atoms with Crippen molar-refractivity contribution in [1.29, 1.82) is 0 Å². The van der Waals surface area contributed by atoms with Crippen LogP contribution in [-0.4, -0.2) is 28.8 Å². The minimum Gasteiger partial charge on any atom is -0.462 e. The topological polar surface area (TPSA) is 59.4 Å². The summed E-state index contributed by atoms with van der Waals surface area (Å²) in [5.74, 6) is -0.411. The first-order valence-corrected chi connectivity index (χ1v) is 9.86. The monoisotopic (exact) mass is 387 g/mol. The van der Waals surface area contributed by atoms with Crippen LogP contribution in [0.5, 0.6) is 0 Å². The molecule has 1 atom stereocenters. The van der Waals surface area contributed by atoms with Crippen LogP contribution in [0.4, 0.5) is 4.39 Å². The Balaban J connectivity index is 2.36. The average molecular weight is 387 g/mol. The molecular formula is C23H30FNO3. The van der Waals surface area contributed by atoms with Crippen molar-refractivity contribution in [2.75, 3.05) is 6.61 Å². The first-order valence-electron chi connectivity index (χ1n) is 9.86. The number of aliphatic hydroxyl groups excluding tert-OH is 1. The first kappa shape index (κ1) is 22.0. The maximum atomic E-state index is 13.8. The molecule has 1 heterocycles. The Morgan fingerprint density at radius 2 is 2.11 bits per heavy atom. The van der Waals surface area contributed by atoms with E-state index in [4.69, 9.17) is 4.74 Å². The predicted molar refractivity (Wildman–Crippen MR) is 109 cm³/mol. The number of nitrogens with zero attached hydrogens (tertiary/aromatic N) is 1. The summed E-state index contributed by atoms with van der Waals surface area (Å²) in [5.41, 5.74) is 2.02. The van der Waals surface area contributed by atoms with Crippen molar-refractivity contribution in [2.45, 2.75) is 52.6 Å². The third-order valence-corrected chi connectivity index (χ3v) is 5.32. The lowest BCUT2D eigenvalue weighted by atomic mass is 9.78. The van der Waals surface area contributed by atoms with E-state index in [-0.39, 0.29) is 18.6 Å². The number of carbonyl (C=O) groups excluding carboxylic acids is 1. The van der Waals surface area contributed by atoms with Crippen molar-refractivity contribution < 1.29 is 19.0 Å². The molecule has 1 aromatic heterocycles. The fourth-order valence-corrected chi connectivity index (χ4v) is 3.70. The van der Waals surface area contributed by atoms with Crippen molar-refractivity contribution in [1.82, 2.24) is 4.98 Å². The van der Waals surface area contributed by atoms with E-state index in [1.54, 1.807) is 13.8 Å². The van der Waals surface area contributed by atoms with Crippen molar-refractivity contribution in [3.8, 4) is 0 Å². The Morgan fingerprint density at radius 3 is 2.71 bits per heavy atom. The molecule has 0 amide bonds. The normalized spacial score (nSPS) is 21.9. The highest BCUT2D eigenvalue weighted by molar-refractivity contribution is 6.18. The number of hydrogen-bond acceptors (Lipinski definition) is 4. The van der Waals surface area contributed by atoms with Crippen molar-refractivity contribution in [3.05, 3.63) is 59.7 Å². The second kappa shape index (κ2) is 10.3. The fraction of sp³-hybridized carbons (Fsp3) is 0.478. The highest BCUT2D eigenvalue weighted by atomic mass is 19.1. The number of allylic oxidation sites excluding steroid dienone is 4. The van der Waals surface area contributed by atoms with Crippen LogP contribution in [-0.2, 0) is 9.53 Å². The summed E-state index contributed by atoms with van der Waals surface area (Å²) in [5, 5.41) is 9.72. The number of rotatable bonds is 7. The standard InChI is InChI=1S/C23H30FNO3/c1-5-17(18-9-11-20(26)12-10-18)8-7-15(3)22(23(27)28-6-2)21-13-19(24)14-25-16(21)4/h5,7-8,13-14,17-18,20,26H,1,6,9-12H2,2-4H3/b8-7+,22-15+/t17-,18?,20?/m0/s1. The maximum absolute atomic E-state index is 13.8. The summed E-state index contributed by atoms with van der Waals surface area (Å²) in [7, 11) is 0. The number of hydrogen-bond donors (Lipinski definition) is 1. The zero-order chi connectivity index (χ0) is 20.7. The van der Waals surface area contributed by atoms with E-state index in [9.17, 15) is 14.3 Å². The number of aryl methyl sites for hydroxylation is 1. The van der Waals surface area contributed by atoms with Gasteiger partial charge in [0.25, 0.3) is 0 Å². The molecule has 152 valence electrons. The molecule has 0 bridgehead atoms. The third-order valence-electron chi connectivity index (χ3n) is 5.32. The molecule has 28 heavy (non-hydrogen) atoms. The van der Waals surface area contributed by atoms with Gasteiger partial charge in [-0.2, -0.15) is 0 Å². The van der Waals surface area contributed by atoms with Crippen molar-refractivity contribution in [3.63, 3.8) is 0 Å². The Kier molecular flexibility index (Phi) is 8.12. The van der Waals surface area contributed by atoms with Crippen LogP contribution in [0, 0.1) is 24.6 Å². The van der Waals surface area contributed by atoms with Gasteiger partial charge in [0.2, 0.25) is 0 Å². The SMILES string of the molecule is C=C[C@@H](/C=C/C(C)=C(/C(=O)OCC)c1cc(F)cnc1C)C1CCC(O)CC1. The van der Waals surface area contributed by atoms with Gasteiger partial charge in [0.1, 0.15) is 5.82 Å². The van der Waals surface area contributed by atoms with E-state index in [2.05, 4.69) is 11.6 Å². The molecule has 4 nitrogen and oxygen atoms in total. The number of aromatic nitrogens is 1. The molecule has 1 saturated carbocycles.